The third kappa shape index (κ3) is 3.85. The molecular weight excluding hydrogens is 248 g/mol. The van der Waals surface area contributed by atoms with Gasteiger partial charge in [-0.25, -0.2) is 4.98 Å². The summed E-state index contributed by atoms with van der Waals surface area (Å²) in [5.41, 5.74) is 1.01. The van der Waals surface area contributed by atoms with Crippen LogP contribution in [0.3, 0.4) is 0 Å². The lowest BCUT2D eigenvalue weighted by molar-refractivity contribution is 0.347. The molecule has 1 heterocycles. The third-order valence-corrected chi connectivity index (χ3v) is 4.09. The lowest BCUT2D eigenvalue weighted by Gasteiger charge is -2.27. The van der Waals surface area contributed by atoms with Crippen molar-refractivity contribution in [1.29, 1.82) is 0 Å². The van der Waals surface area contributed by atoms with Crippen molar-refractivity contribution in [2.75, 3.05) is 13.7 Å². The normalized spacial score (nSPS) is 23.9. The standard InChI is InChI=1S/C14H21ClN2O/c1-18-14-8-4-6-12(17-14)10-16-9-11-5-2-3-7-13(11)15/h4,6,8,11,13,16H,2-3,5,7,9-10H2,1H3. The molecular formula is C14H21ClN2O. The second-order valence-corrected chi connectivity index (χ2v) is 5.42. The monoisotopic (exact) mass is 268 g/mol. The van der Waals surface area contributed by atoms with Crippen molar-refractivity contribution in [1.82, 2.24) is 10.3 Å². The number of ether oxygens (including phenoxy) is 1. The molecule has 0 spiro atoms. The first-order valence-electron chi connectivity index (χ1n) is 6.64. The van der Waals surface area contributed by atoms with Crippen LogP contribution >= 0.6 is 11.6 Å². The average Bonchev–Trinajstić information content (AvgIpc) is 2.41. The molecule has 2 rings (SSSR count). The summed E-state index contributed by atoms with van der Waals surface area (Å²) in [6, 6.07) is 5.84. The average molecular weight is 269 g/mol. The van der Waals surface area contributed by atoms with E-state index >= 15 is 0 Å². The molecule has 0 aromatic carbocycles. The van der Waals surface area contributed by atoms with Crippen LogP contribution in [0.4, 0.5) is 0 Å². The van der Waals surface area contributed by atoms with Crippen LogP contribution in [0.2, 0.25) is 0 Å². The minimum atomic E-state index is 0.338. The Balaban J connectivity index is 1.77. The second-order valence-electron chi connectivity index (χ2n) is 4.86. The van der Waals surface area contributed by atoms with Gasteiger partial charge in [-0.05, 0) is 31.4 Å². The Morgan fingerprint density at radius 3 is 3.00 bits per heavy atom. The number of hydrogen-bond acceptors (Lipinski definition) is 3. The van der Waals surface area contributed by atoms with Crippen LogP contribution in [0.15, 0.2) is 18.2 Å². The summed E-state index contributed by atoms with van der Waals surface area (Å²) in [7, 11) is 1.64. The molecule has 1 fully saturated rings. The van der Waals surface area contributed by atoms with Gasteiger partial charge in [0.2, 0.25) is 5.88 Å². The molecule has 1 saturated carbocycles. The Morgan fingerprint density at radius 2 is 2.22 bits per heavy atom. The van der Waals surface area contributed by atoms with Crippen LogP contribution in [0.1, 0.15) is 31.4 Å². The van der Waals surface area contributed by atoms with Crippen LogP contribution in [0.5, 0.6) is 5.88 Å². The van der Waals surface area contributed by atoms with Gasteiger partial charge in [0.1, 0.15) is 0 Å². The van der Waals surface area contributed by atoms with Gasteiger partial charge in [-0.1, -0.05) is 18.9 Å². The number of nitrogens with one attached hydrogen (secondary N) is 1. The second kappa shape index (κ2) is 6.95. The fraction of sp³-hybridized carbons (Fsp3) is 0.643. The van der Waals surface area contributed by atoms with Crippen molar-refractivity contribution in [2.45, 2.75) is 37.6 Å². The molecule has 2 atom stereocenters. The van der Waals surface area contributed by atoms with Gasteiger partial charge in [0.15, 0.2) is 0 Å². The summed E-state index contributed by atoms with van der Waals surface area (Å²) in [5, 5.41) is 3.79. The van der Waals surface area contributed by atoms with Crippen molar-refractivity contribution < 1.29 is 4.74 Å². The maximum absolute atomic E-state index is 6.34. The third-order valence-electron chi connectivity index (χ3n) is 3.52. The van der Waals surface area contributed by atoms with Crippen molar-refractivity contribution >= 4 is 11.6 Å². The zero-order valence-electron chi connectivity index (χ0n) is 10.9. The molecule has 18 heavy (non-hydrogen) atoms. The van der Waals surface area contributed by atoms with Gasteiger partial charge >= 0.3 is 0 Å². The highest BCUT2D eigenvalue weighted by molar-refractivity contribution is 6.20. The fourth-order valence-electron chi connectivity index (χ4n) is 2.45. The molecule has 4 heteroatoms. The van der Waals surface area contributed by atoms with Crippen LogP contribution < -0.4 is 10.1 Å². The van der Waals surface area contributed by atoms with Crippen molar-refractivity contribution in [3.63, 3.8) is 0 Å². The molecule has 3 nitrogen and oxygen atoms in total. The number of nitrogens with zero attached hydrogens (tertiary/aromatic N) is 1. The van der Waals surface area contributed by atoms with Gasteiger partial charge in [-0.3, -0.25) is 0 Å². The van der Waals surface area contributed by atoms with E-state index in [1.54, 1.807) is 7.11 Å². The highest BCUT2D eigenvalue weighted by Gasteiger charge is 2.22. The number of methoxy groups -OCH3 is 1. The molecule has 1 N–H and O–H groups in total. The first kappa shape index (κ1) is 13.6. The predicted molar refractivity (Wildman–Crippen MR) is 74.1 cm³/mol. The van der Waals surface area contributed by atoms with E-state index in [0.29, 0.717) is 17.2 Å². The number of rotatable bonds is 5. The topological polar surface area (TPSA) is 34.1 Å². The maximum atomic E-state index is 6.34. The molecule has 1 aromatic heterocycles. The lowest BCUT2D eigenvalue weighted by atomic mass is 9.89. The summed E-state index contributed by atoms with van der Waals surface area (Å²) in [6.07, 6.45) is 4.99. The van der Waals surface area contributed by atoms with Gasteiger partial charge < -0.3 is 10.1 Å². The van der Waals surface area contributed by atoms with Crippen LogP contribution in [0.25, 0.3) is 0 Å². The van der Waals surface area contributed by atoms with E-state index in [1.807, 2.05) is 18.2 Å². The quantitative estimate of drug-likeness (QED) is 0.834. The highest BCUT2D eigenvalue weighted by atomic mass is 35.5. The summed E-state index contributed by atoms with van der Waals surface area (Å²) in [5.74, 6) is 1.27. The number of pyridine rings is 1. The van der Waals surface area contributed by atoms with Crippen LogP contribution in [0, 0.1) is 5.92 Å². The summed E-state index contributed by atoms with van der Waals surface area (Å²) < 4.78 is 5.11. The summed E-state index contributed by atoms with van der Waals surface area (Å²) in [6.45, 7) is 1.75. The van der Waals surface area contributed by atoms with E-state index in [0.717, 1.165) is 25.2 Å². The Bertz CT molecular complexity index is 373. The van der Waals surface area contributed by atoms with Gasteiger partial charge in [0, 0.05) is 18.0 Å². The molecule has 0 radical (unpaired) electrons. The van der Waals surface area contributed by atoms with Crippen molar-refractivity contribution in [3.05, 3.63) is 23.9 Å². The Morgan fingerprint density at radius 1 is 1.39 bits per heavy atom. The largest absolute Gasteiger partial charge is 0.481 e. The van der Waals surface area contributed by atoms with Gasteiger partial charge in [0.05, 0.1) is 12.8 Å². The molecule has 100 valence electrons. The Labute approximate surface area is 114 Å². The Kier molecular flexibility index (Phi) is 5.26. The molecule has 1 aliphatic carbocycles. The number of halogens is 1. The molecule has 1 aromatic rings. The van der Waals surface area contributed by atoms with Crippen LogP contribution in [-0.4, -0.2) is 24.0 Å². The first-order chi connectivity index (χ1) is 8.79. The maximum Gasteiger partial charge on any atom is 0.213 e. The summed E-state index contributed by atoms with van der Waals surface area (Å²) in [4.78, 5) is 4.38. The molecule has 0 aliphatic heterocycles. The van der Waals surface area contributed by atoms with E-state index in [9.17, 15) is 0 Å². The predicted octanol–water partition coefficient (Wildman–Crippen LogP) is 2.98. The highest BCUT2D eigenvalue weighted by Crippen LogP contribution is 2.28. The fourth-order valence-corrected chi connectivity index (χ4v) is 2.82. The first-order valence-corrected chi connectivity index (χ1v) is 7.08. The minimum absolute atomic E-state index is 0.338. The van der Waals surface area contributed by atoms with Gasteiger partial charge in [-0.2, -0.15) is 0 Å². The van der Waals surface area contributed by atoms with Crippen molar-refractivity contribution in [2.24, 2.45) is 5.92 Å². The van der Waals surface area contributed by atoms with Gasteiger partial charge in [0.25, 0.3) is 0 Å². The Hall–Kier alpha value is -0.800. The number of alkyl halides is 1. The lowest BCUT2D eigenvalue weighted by Crippen LogP contribution is -2.31. The SMILES string of the molecule is COc1cccc(CNCC2CCCCC2Cl)n1. The van der Waals surface area contributed by atoms with E-state index < -0.39 is 0 Å². The molecule has 0 saturated heterocycles. The molecule has 0 bridgehead atoms. The van der Waals surface area contributed by atoms with E-state index in [-0.39, 0.29) is 0 Å². The van der Waals surface area contributed by atoms with E-state index in [4.69, 9.17) is 16.3 Å². The minimum Gasteiger partial charge on any atom is -0.481 e. The summed E-state index contributed by atoms with van der Waals surface area (Å²) >= 11 is 6.34. The molecule has 1 aliphatic rings. The molecule has 2 unspecified atom stereocenters. The number of aromatic nitrogens is 1. The number of hydrogen-bond donors (Lipinski definition) is 1. The molecule has 0 amide bonds. The van der Waals surface area contributed by atoms with E-state index in [2.05, 4.69) is 10.3 Å². The van der Waals surface area contributed by atoms with E-state index in [1.165, 1.54) is 19.3 Å². The van der Waals surface area contributed by atoms with Crippen LogP contribution in [-0.2, 0) is 6.54 Å². The van der Waals surface area contributed by atoms with Crippen molar-refractivity contribution in [3.8, 4) is 5.88 Å². The zero-order chi connectivity index (χ0) is 12.8. The van der Waals surface area contributed by atoms with Gasteiger partial charge in [-0.15, -0.1) is 11.6 Å². The smallest absolute Gasteiger partial charge is 0.213 e. The zero-order valence-corrected chi connectivity index (χ0v) is 11.6.